The fourth-order valence-electron chi connectivity index (χ4n) is 7.36. The van der Waals surface area contributed by atoms with Crippen LogP contribution in [-0.2, 0) is 39.9 Å². The highest BCUT2D eigenvalue weighted by Gasteiger charge is 2.61. The molecule has 0 N–H and O–H groups in total. The Bertz CT molecular complexity index is 1400. The Hall–Kier alpha value is -3.05. The Morgan fingerprint density at radius 3 is 2.35 bits per heavy atom. The number of cyclic esters (lactones) is 1. The highest BCUT2D eigenvalue weighted by molar-refractivity contribution is 8.00. The summed E-state index contributed by atoms with van der Waals surface area (Å²) < 4.78 is 19.9. The lowest BCUT2D eigenvalue weighted by Crippen LogP contribution is -2.53. The van der Waals surface area contributed by atoms with Gasteiger partial charge in [-0.1, -0.05) is 27.7 Å². The second-order valence-corrected chi connectivity index (χ2v) is 14.7. The van der Waals surface area contributed by atoms with Crippen molar-refractivity contribution in [3.05, 3.63) is 36.8 Å². The molecule has 0 bridgehead atoms. The molecule has 0 radical (unpaired) electrons. The Morgan fingerprint density at radius 2 is 1.72 bits per heavy atom. The Kier molecular flexibility index (Phi) is 11.5. The molecule has 2 saturated heterocycles. The van der Waals surface area contributed by atoms with Crippen molar-refractivity contribution in [3.63, 3.8) is 0 Å². The molecular formula is C35H49N3O7S. The minimum absolute atomic E-state index is 0.00606. The van der Waals surface area contributed by atoms with E-state index in [1.807, 2.05) is 56.8 Å². The van der Waals surface area contributed by atoms with Gasteiger partial charge in [0.15, 0.2) is 5.60 Å². The molecule has 11 heteroatoms. The van der Waals surface area contributed by atoms with E-state index in [4.69, 9.17) is 14.2 Å². The van der Waals surface area contributed by atoms with Gasteiger partial charge in [0.05, 0.1) is 11.3 Å². The molecule has 9 atom stereocenters. The quantitative estimate of drug-likeness (QED) is 0.202. The van der Waals surface area contributed by atoms with Crippen LogP contribution in [0.15, 0.2) is 36.8 Å². The number of carbonyl (C=O) groups excluding carboxylic acids is 4. The topological polar surface area (TPSA) is 127 Å². The lowest BCUT2D eigenvalue weighted by molar-refractivity contribution is -0.183. The largest absolute Gasteiger partial charge is 0.458 e. The summed E-state index contributed by atoms with van der Waals surface area (Å²) >= 11 is 1.47. The summed E-state index contributed by atoms with van der Waals surface area (Å²) in [6, 6.07) is 5.78. The summed E-state index contributed by atoms with van der Waals surface area (Å²) in [5.41, 5.74) is -0.229. The van der Waals surface area contributed by atoms with Crippen LogP contribution in [0.4, 0.5) is 0 Å². The van der Waals surface area contributed by atoms with Crippen molar-refractivity contribution in [1.82, 2.24) is 14.8 Å². The molecule has 46 heavy (non-hydrogen) atoms. The number of aromatic nitrogens is 3. The van der Waals surface area contributed by atoms with Gasteiger partial charge in [0.2, 0.25) is 0 Å². The summed E-state index contributed by atoms with van der Waals surface area (Å²) in [6.45, 7) is 13.3. The molecule has 252 valence electrons. The van der Waals surface area contributed by atoms with E-state index in [1.54, 1.807) is 40.3 Å². The average Bonchev–Trinajstić information content (AvgIpc) is 3.61. The molecule has 2 aliphatic heterocycles. The number of ketones is 2. The molecule has 2 aliphatic rings. The third kappa shape index (κ3) is 7.56. The van der Waals surface area contributed by atoms with Crippen molar-refractivity contribution in [3.8, 4) is 11.3 Å². The maximum atomic E-state index is 14.1. The highest BCUT2D eigenvalue weighted by Crippen LogP contribution is 2.48. The predicted octanol–water partition coefficient (Wildman–Crippen LogP) is 5.57. The zero-order chi connectivity index (χ0) is 33.8. The van der Waals surface area contributed by atoms with E-state index in [0.717, 1.165) is 17.7 Å². The van der Waals surface area contributed by atoms with Crippen LogP contribution in [0, 0.1) is 29.6 Å². The monoisotopic (exact) mass is 655 g/mol. The second kappa shape index (κ2) is 14.8. The van der Waals surface area contributed by atoms with Gasteiger partial charge < -0.3 is 14.2 Å². The number of Topliss-reactive ketones (excluding diaryl/α,β-unsaturated/α-hetero) is 2. The van der Waals surface area contributed by atoms with Crippen LogP contribution < -0.4 is 0 Å². The number of aryl methyl sites for hydroxylation is 1. The molecule has 0 spiro atoms. The number of carbonyl (C=O) groups is 4. The van der Waals surface area contributed by atoms with E-state index in [0.29, 0.717) is 31.6 Å². The first-order valence-corrected chi connectivity index (χ1v) is 17.4. The summed E-state index contributed by atoms with van der Waals surface area (Å²) in [4.78, 5) is 58.6. The predicted molar refractivity (Wildman–Crippen MR) is 176 cm³/mol. The molecule has 10 nitrogen and oxygen atoms in total. The van der Waals surface area contributed by atoms with Crippen LogP contribution >= 0.6 is 11.8 Å². The van der Waals surface area contributed by atoms with Crippen molar-refractivity contribution >= 4 is 35.3 Å². The maximum Gasteiger partial charge on any atom is 0.320 e. The van der Waals surface area contributed by atoms with Crippen LogP contribution in [0.3, 0.4) is 0 Å². The summed E-state index contributed by atoms with van der Waals surface area (Å²) in [5.74, 6) is -3.67. The number of thioether (sulfide) groups is 1. The first-order chi connectivity index (χ1) is 21.7. The van der Waals surface area contributed by atoms with Crippen LogP contribution in [0.2, 0.25) is 0 Å². The molecule has 2 aromatic rings. The molecule has 0 saturated carbocycles. The fraction of sp³-hybridized carbons (Fsp3) is 0.657. The van der Waals surface area contributed by atoms with Crippen molar-refractivity contribution in [2.45, 2.75) is 103 Å². The molecule has 4 heterocycles. The summed E-state index contributed by atoms with van der Waals surface area (Å²) in [5, 5.41) is 4.02. The zero-order valence-electron chi connectivity index (χ0n) is 28.4. The number of esters is 2. The molecule has 0 aliphatic carbocycles. The second-order valence-electron chi connectivity index (χ2n) is 13.5. The highest BCUT2D eigenvalue weighted by atomic mass is 32.2. The molecule has 4 rings (SSSR count). The molecule has 9 unspecified atom stereocenters. The normalized spacial score (nSPS) is 34.5. The summed E-state index contributed by atoms with van der Waals surface area (Å²) in [7, 11) is 1.58. The number of fused-ring (bicyclic) bond motifs is 1. The van der Waals surface area contributed by atoms with E-state index in [2.05, 4.69) is 10.1 Å². The third-order valence-electron chi connectivity index (χ3n) is 9.94. The fourth-order valence-corrected chi connectivity index (χ4v) is 8.80. The standard InChI is InChI=1S/C35H49N3O7S/c1-9-27-35(7)28(23(4)29(39)21(2)18-34(6,43-8)19-22(3)30(40)24(5)32(41)44-27)31(33(42)45-35)46-17-11-15-38-16-13-26(37-38)25-12-10-14-36-20-25/h10,12-14,16,20-24,27-28,31H,9,11,15,17-19H2,1-8H3. The third-order valence-corrected chi connectivity index (χ3v) is 11.3. The zero-order valence-corrected chi connectivity index (χ0v) is 29.2. The SMILES string of the molecule is CCC1OC(=O)C(C)C(=O)C(C)CC(C)(OC)CC(C)C(=O)C(C)C2C(SCCCn3ccc(-c4cccnc4)n3)C(=O)OC12C. The van der Waals surface area contributed by atoms with Gasteiger partial charge in [-0.15, -0.1) is 11.8 Å². The van der Waals surface area contributed by atoms with Gasteiger partial charge in [-0.25, -0.2) is 0 Å². The van der Waals surface area contributed by atoms with Gasteiger partial charge in [-0.2, -0.15) is 5.10 Å². The Balaban J connectivity index is 1.58. The number of pyridine rings is 1. The molecule has 0 amide bonds. The van der Waals surface area contributed by atoms with Crippen molar-refractivity contribution in [2.24, 2.45) is 29.6 Å². The summed E-state index contributed by atoms with van der Waals surface area (Å²) in [6.07, 6.45) is 6.47. The lowest BCUT2D eigenvalue weighted by Gasteiger charge is -2.41. The minimum Gasteiger partial charge on any atom is -0.458 e. The van der Waals surface area contributed by atoms with Crippen molar-refractivity contribution in [1.29, 1.82) is 0 Å². The van der Waals surface area contributed by atoms with Crippen LogP contribution in [0.1, 0.15) is 74.1 Å². The molecule has 2 aromatic heterocycles. The van der Waals surface area contributed by atoms with Crippen LogP contribution in [0.25, 0.3) is 11.3 Å². The molecule has 0 aromatic carbocycles. The number of rotatable bonds is 8. The number of nitrogens with zero attached hydrogens (tertiary/aromatic N) is 3. The lowest BCUT2D eigenvalue weighted by atomic mass is 9.70. The van der Waals surface area contributed by atoms with Gasteiger partial charge in [0, 0.05) is 61.5 Å². The number of hydrogen-bond donors (Lipinski definition) is 0. The smallest absolute Gasteiger partial charge is 0.320 e. The van der Waals surface area contributed by atoms with Gasteiger partial charge in [0.1, 0.15) is 28.8 Å². The minimum atomic E-state index is -1.25. The Morgan fingerprint density at radius 1 is 1.02 bits per heavy atom. The molecule has 2 fully saturated rings. The number of ether oxygens (including phenoxy) is 3. The maximum absolute atomic E-state index is 14.1. The van der Waals surface area contributed by atoms with Gasteiger partial charge in [-0.05, 0) is 70.4 Å². The van der Waals surface area contributed by atoms with E-state index in [9.17, 15) is 19.2 Å². The van der Waals surface area contributed by atoms with Gasteiger partial charge in [-0.3, -0.25) is 28.8 Å². The van der Waals surface area contributed by atoms with E-state index in [-0.39, 0.29) is 11.6 Å². The Labute approximate surface area is 276 Å². The van der Waals surface area contributed by atoms with Crippen molar-refractivity contribution < 1.29 is 33.4 Å². The first kappa shape index (κ1) is 35.8. The van der Waals surface area contributed by atoms with E-state index < -0.39 is 64.1 Å². The van der Waals surface area contributed by atoms with E-state index in [1.165, 1.54) is 11.8 Å². The van der Waals surface area contributed by atoms with E-state index >= 15 is 0 Å². The van der Waals surface area contributed by atoms with Gasteiger partial charge in [0.25, 0.3) is 0 Å². The van der Waals surface area contributed by atoms with Crippen LogP contribution in [0.5, 0.6) is 0 Å². The molecular weight excluding hydrogens is 606 g/mol. The number of methoxy groups -OCH3 is 1. The average molecular weight is 656 g/mol. The van der Waals surface area contributed by atoms with Crippen molar-refractivity contribution in [2.75, 3.05) is 12.9 Å². The first-order valence-electron chi connectivity index (χ1n) is 16.4. The van der Waals surface area contributed by atoms with Gasteiger partial charge >= 0.3 is 11.9 Å². The number of hydrogen-bond acceptors (Lipinski definition) is 10. The van der Waals surface area contributed by atoms with Crippen LogP contribution in [-0.4, -0.2) is 73.7 Å².